The van der Waals surface area contributed by atoms with Gasteiger partial charge in [0.2, 0.25) is 5.91 Å². The van der Waals surface area contributed by atoms with Gasteiger partial charge in [-0.1, -0.05) is 12.1 Å². The highest BCUT2D eigenvalue weighted by molar-refractivity contribution is 5.77. The minimum atomic E-state index is -0.162. The van der Waals surface area contributed by atoms with Crippen molar-refractivity contribution in [1.82, 2.24) is 4.90 Å². The smallest absolute Gasteiger partial charge is 0.248 e. The number of likely N-dealkylation sites (tertiary alicyclic amines) is 1. The largest absolute Gasteiger partial charge is 0.375 e. The molecular weight excluding hydrogens is 269 g/mol. The predicted octanol–water partition coefficient (Wildman–Crippen LogP) is 2.50. The number of carbonyl (C=O) groups is 1. The molecule has 3 atom stereocenters. The van der Waals surface area contributed by atoms with Crippen molar-refractivity contribution in [3.63, 3.8) is 0 Å². The van der Waals surface area contributed by atoms with Crippen molar-refractivity contribution in [1.29, 1.82) is 0 Å². The highest BCUT2D eigenvalue weighted by Gasteiger charge is 2.43. The third-order valence-corrected chi connectivity index (χ3v) is 5.01. The van der Waals surface area contributed by atoms with E-state index in [9.17, 15) is 9.18 Å². The van der Waals surface area contributed by atoms with Gasteiger partial charge >= 0.3 is 0 Å². The fourth-order valence-corrected chi connectivity index (χ4v) is 4.02. The molecule has 0 spiro atoms. The molecule has 3 rings (SSSR count). The number of amides is 1. The maximum Gasteiger partial charge on any atom is 0.248 e. The number of benzene rings is 1. The molecule has 1 amide bonds. The first kappa shape index (κ1) is 14.5. The summed E-state index contributed by atoms with van der Waals surface area (Å²) in [4.78, 5) is 13.9. The van der Waals surface area contributed by atoms with Crippen LogP contribution in [0.25, 0.3) is 0 Å². The second-order valence-corrected chi connectivity index (χ2v) is 6.33. The standard InChI is InChI=1S/C17H22FNO2/c1-21-11-17(20)19-9-14-6-5-13(16(14)10-19)7-12-3-2-4-15(18)8-12/h2-4,8,13-14,16H,5-7,9-11H2,1H3/t13-,14-,16-/m1/s1. The molecule has 2 fully saturated rings. The third-order valence-electron chi connectivity index (χ3n) is 5.01. The van der Waals surface area contributed by atoms with E-state index in [-0.39, 0.29) is 18.3 Å². The molecule has 0 radical (unpaired) electrons. The molecule has 1 saturated carbocycles. The number of hydrogen-bond donors (Lipinski definition) is 0. The topological polar surface area (TPSA) is 29.5 Å². The minimum Gasteiger partial charge on any atom is -0.375 e. The molecule has 1 aliphatic carbocycles. The molecule has 2 aliphatic rings. The zero-order chi connectivity index (χ0) is 14.8. The molecule has 1 heterocycles. The van der Waals surface area contributed by atoms with E-state index in [0.717, 1.165) is 25.1 Å². The van der Waals surface area contributed by atoms with E-state index in [1.807, 2.05) is 11.0 Å². The van der Waals surface area contributed by atoms with Gasteiger partial charge in [0.05, 0.1) is 0 Å². The molecule has 4 heteroatoms. The van der Waals surface area contributed by atoms with Crippen LogP contribution in [0.1, 0.15) is 18.4 Å². The molecule has 0 N–H and O–H groups in total. The summed E-state index contributed by atoms with van der Waals surface area (Å²) >= 11 is 0. The summed E-state index contributed by atoms with van der Waals surface area (Å²) < 4.78 is 18.2. The monoisotopic (exact) mass is 291 g/mol. The van der Waals surface area contributed by atoms with E-state index < -0.39 is 0 Å². The first-order chi connectivity index (χ1) is 10.2. The molecule has 0 bridgehead atoms. The molecule has 1 aromatic rings. The van der Waals surface area contributed by atoms with Crippen LogP contribution in [-0.2, 0) is 16.0 Å². The summed E-state index contributed by atoms with van der Waals surface area (Å²) in [5.41, 5.74) is 1.07. The Morgan fingerprint density at radius 2 is 2.24 bits per heavy atom. The van der Waals surface area contributed by atoms with Crippen LogP contribution in [-0.4, -0.2) is 37.6 Å². The Bertz CT molecular complexity index is 519. The van der Waals surface area contributed by atoms with E-state index in [1.165, 1.54) is 18.9 Å². The van der Waals surface area contributed by atoms with Crippen molar-refractivity contribution in [3.05, 3.63) is 35.6 Å². The van der Waals surface area contributed by atoms with Gasteiger partial charge in [0.25, 0.3) is 0 Å². The maximum atomic E-state index is 13.3. The summed E-state index contributed by atoms with van der Waals surface area (Å²) in [7, 11) is 1.56. The summed E-state index contributed by atoms with van der Waals surface area (Å²) in [5, 5.41) is 0. The van der Waals surface area contributed by atoms with Crippen LogP contribution in [0.15, 0.2) is 24.3 Å². The van der Waals surface area contributed by atoms with Crippen molar-refractivity contribution in [2.24, 2.45) is 17.8 Å². The summed E-state index contributed by atoms with van der Waals surface area (Å²) in [6, 6.07) is 6.90. The van der Waals surface area contributed by atoms with Gasteiger partial charge in [0.1, 0.15) is 12.4 Å². The average Bonchev–Trinajstić information content (AvgIpc) is 3.01. The van der Waals surface area contributed by atoms with E-state index >= 15 is 0 Å². The quantitative estimate of drug-likeness (QED) is 0.853. The Hall–Kier alpha value is -1.42. The maximum absolute atomic E-state index is 13.3. The zero-order valence-electron chi connectivity index (χ0n) is 12.4. The van der Waals surface area contributed by atoms with Crippen LogP contribution in [0.4, 0.5) is 4.39 Å². The van der Waals surface area contributed by atoms with Crippen LogP contribution in [0, 0.1) is 23.6 Å². The van der Waals surface area contributed by atoms with E-state index in [2.05, 4.69) is 0 Å². The number of methoxy groups -OCH3 is 1. The first-order valence-electron chi connectivity index (χ1n) is 7.68. The second kappa shape index (κ2) is 6.14. The number of nitrogens with zero attached hydrogens (tertiary/aromatic N) is 1. The number of halogens is 1. The van der Waals surface area contributed by atoms with Gasteiger partial charge in [-0.2, -0.15) is 0 Å². The Morgan fingerprint density at radius 3 is 3.00 bits per heavy atom. The van der Waals surface area contributed by atoms with Gasteiger partial charge in [-0.05, 0) is 54.7 Å². The molecule has 1 saturated heterocycles. The summed E-state index contributed by atoms with van der Waals surface area (Å²) in [5.74, 6) is 1.68. The van der Waals surface area contributed by atoms with Crippen molar-refractivity contribution in [2.75, 3.05) is 26.8 Å². The summed E-state index contributed by atoms with van der Waals surface area (Å²) in [6.07, 6.45) is 3.30. The van der Waals surface area contributed by atoms with Crippen LogP contribution in [0.5, 0.6) is 0 Å². The molecule has 0 aromatic heterocycles. The van der Waals surface area contributed by atoms with Gasteiger partial charge in [-0.15, -0.1) is 0 Å². The lowest BCUT2D eigenvalue weighted by Crippen LogP contribution is -2.33. The molecule has 0 unspecified atom stereocenters. The van der Waals surface area contributed by atoms with Crippen LogP contribution in [0.3, 0.4) is 0 Å². The Labute approximate surface area is 125 Å². The fraction of sp³-hybridized carbons (Fsp3) is 0.588. The molecule has 3 nitrogen and oxygen atoms in total. The number of rotatable bonds is 4. The highest BCUT2D eigenvalue weighted by Crippen LogP contribution is 2.43. The SMILES string of the molecule is COCC(=O)N1C[C@H]2CC[C@H](Cc3cccc(F)c3)[C@H]2C1. The van der Waals surface area contributed by atoms with Crippen LogP contribution < -0.4 is 0 Å². The Morgan fingerprint density at radius 1 is 1.38 bits per heavy atom. The Balaban J connectivity index is 1.63. The van der Waals surface area contributed by atoms with Crippen molar-refractivity contribution >= 4 is 5.91 Å². The predicted molar refractivity (Wildman–Crippen MR) is 78.3 cm³/mol. The number of carbonyl (C=O) groups excluding carboxylic acids is 1. The number of hydrogen-bond acceptors (Lipinski definition) is 2. The minimum absolute atomic E-state index is 0.0939. The average molecular weight is 291 g/mol. The van der Waals surface area contributed by atoms with Crippen molar-refractivity contribution < 1.29 is 13.9 Å². The van der Waals surface area contributed by atoms with Gasteiger partial charge < -0.3 is 9.64 Å². The fourth-order valence-electron chi connectivity index (χ4n) is 4.02. The first-order valence-corrected chi connectivity index (χ1v) is 7.68. The van der Waals surface area contributed by atoms with E-state index in [1.54, 1.807) is 19.2 Å². The van der Waals surface area contributed by atoms with Crippen molar-refractivity contribution in [3.8, 4) is 0 Å². The molecule has 114 valence electrons. The van der Waals surface area contributed by atoms with Gasteiger partial charge in [-0.25, -0.2) is 4.39 Å². The lowest BCUT2D eigenvalue weighted by Gasteiger charge is -2.20. The number of fused-ring (bicyclic) bond motifs is 1. The third kappa shape index (κ3) is 3.10. The van der Waals surface area contributed by atoms with E-state index in [0.29, 0.717) is 17.8 Å². The zero-order valence-corrected chi connectivity index (χ0v) is 12.4. The van der Waals surface area contributed by atoms with Crippen LogP contribution in [0.2, 0.25) is 0 Å². The number of ether oxygens (including phenoxy) is 1. The van der Waals surface area contributed by atoms with Gasteiger partial charge in [0, 0.05) is 20.2 Å². The molecule has 1 aromatic carbocycles. The molecular formula is C17H22FNO2. The lowest BCUT2D eigenvalue weighted by atomic mass is 9.87. The Kier molecular flexibility index (Phi) is 4.24. The highest BCUT2D eigenvalue weighted by atomic mass is 19.1. The molecule has 1 aliphatic heterocycles. The lowest BCUT2D eigenvalue weighted by molar-refractivity contribution is -0.134. The second-order valence-electron chi connectivity index (χ2n) is 6.33. The van der Waals surface area contributed by atoms with Gasteiger partial charge in [0.15, 0.2) is 0 Å². The normalized spacial score (nSPS) is 27.9. The van der Waals surface area contributed by atoms with Gasteiger partial charge in [-0.3, -0.25) is 4.79 Å². The molecule has 21 heavy (non-hydrogen) atoms. The van der Waals surface area contributed by atoms with Crippen molar-refractivity contribution in [2.45, 2.75) is 19.3 Å². The van der Waals surface area contributed by atoms with Crippen LogP contribution >= 0.6 is 0 Å². The summed E-state index contributed by atoms with van der Waals surface area (Å²) in [6.45, 7) is 1.88. The van der Waals surface area contributed by atoms with E-state index in [4.69, 9.17) is 4.74 Å².